The third-order valence-electron chi connectivity index (χ3n) is 4.32. The van der Waals surface area contributed by atoms with E-state index in [2.05, 4.69) is 24.6 Å². The van der Waals surface area contributed by atoms with Crippen molar-refractivity contribution in [3.05, 3.63) is 60.1 Å². The zero-order chi connectivity index (χ0) is 17.1. The second-order valence-corrected chi connectivity index (χ2v) is 6.48. The Labute approximate surface area is 146 Å². The highest BCUT2D eigenvalue weighted by molar-refractivity contribution is 5.09. The van der Waals surface area contributed by atoms with Crippen LogP contribution in [0, 0.1) is 12.8 Å². The molecule has 3 aromatic heterocycles. The fourth-order valence-corrected chi connectivity index (χ4v) is 3.22. The number of aryl methyl sites for hydroxylation is 1. The molecular weight excluding hydrogens is 318 g/mol. The molecule has 130 valence electrons. The first-order chi connectivity index (χ1) is 12.3. The molecule has 1 aliphatic rings. The number of imidazole rings is 1. The lowest BCUT2D eigenvalue weighted by Crippen LogP contribution is -2.30. The molecule has 1 aliphatic heterocycles. The Kier molecular flexibility index (Phi) is 4.47. The molecule has 3 aromatic rings. The van der Waals surface area contributed by atoms with Crippen molar-refractivity contribution >= 4 is 0 Å². The molecule has 7 heteroatoms. The molecule has 0 spiro atoms. The van der Waals surface area contributed by atoms with Crippen LogP contribution in [0.1, 0.15) is 17.1 Å². The number of hydrogen-bond acceptors (Lipinski definition) is 6. The van der Waals surface area contributed by atoms with Gasteiger partial charge in [-0.2, -0.15) is 0 Å². The molecule has 0 N–H and O–H groups in total. The second-order valence-electron chi connectivity index (χ2n) is 6.48. The van der Waals surface area contributed by atoms with Crippen molar-refractivity contribution in [2.24, 2.45) is 5.92 Å². The summed E-state index contributed by atoms with van der Waals surface area (Å²) in [6.45, 7) is 5.92. The number of hydrogen-bond donors (Lipinski definition) is 0. The van der Waals surface area contributed by atoms with E-state index in [9.17, 15) is 0 Å². The maximum atomic E-state index is 5.89. The second kappa shape index (κ2) is 7.06. The average molecular weight is 339 g/mol. The van der Waals surface area contributed by atoms with Gasteiger partial charge in [-0.3, -0.25) is 4.90 Å². The first-order valence-electron chi connectivity index (χ1n) is 8.43. The summed E-state index contributed by atoms with van der Waals surface area (Å²) in [5.41, 5.74) is 2.16. The van der Waals surface area contributed by atoms with E-state index in [0.29, 0.717) is 18.4 Å². The van der Waals surface area contributed by atoms with Crippen LogP contribution in [0.4, 0.5) is 0 Å². The summed E-state index contributed by atoms with van der Waals surface area (Å²) in [5, 5.41) is 4.12. The maximum Gasteiger partial charge on any atom is 0.213 e. The SMILES string of the molecule is Cc1cc(CN2Cc3cncn3CC(COc3ccccn3)C2)no1. The van der Waals surface area contributed by atoms with E-state index in [0.717, 1.165) is 37.6 Å². The first kappa shape index (κ1) is 15.8. The van der Waals surface area contributed by atoms with E-state index in [4.69, 9.17) is 9.26 Å². The molecule has 0 fully saturated rings. The molecule has 0 amide bonds. The molecule has 0 aliphatic carbocycles. The van der Waals surface area contributed by atoms with Gasteiger partial charge in [0.25, 0.3) is 0 Å². The van der Waals surface area contributed by atoms with Crippen LogP contribution in [-0.4, -0.2) is 37.7 Å². The Balaban J connectivity index is 1.47. The van der Waals surface area contributed by atoms with Crippen molar-refractivity contribution in [3.63, 3.8) is 0 Å². The highest BCUT2D eigenvalue weighted by Crippen LogP contribution is 2.19. The number of pyridine rings is 1. The molecular formula is C18H21N5O2. The van der Waals surface area contributed by atoms with E-state index < -0.39 is 0 Å². The molecule has 7 nitrogen and oxygen atoms in total. The van der Waals surface area contributed by atoms with Crippen molar-refractivity contribution in [3.8, 4) is 5.88 Å². The minimum atomic E-state index is 0.338. The fraction of sp³-hybridized carbons (Fsp3) is 0.389. The predicted octanol–water partition coefficient (Wildman–Crippen LogP) is 2.29. The van der Waals surface area contributed by atoms with E-state index in [1.807, 2.05) is 43.7 Å². The Bertz CT molecular complexity index is 814. The van der Waals surface area contributed by atoms with Crippen LogP contribution in [0.5, 0.6) is 5.88 Å². The van der Waals surface area contributed by atoms with Gasteiger partial charge in [0.1, 0.15) is 5.76 Å². The smallest absolute Gasteiger partial charge is 0.213 e. The first-order valence-corrected chi connectivity index (χ1v) is 8.43. The summed E-state index contributed by atoms with van der Waals surface area (Å²) in [7, 11) is 0. The standard InChI is InChI=1S/C18H21N5O2/c1-14-6-16(21-25-14)10-22-8-15(9-23-13-19-7-17(23)11-22)12-24-18-4-2-3-5-20-18/h2-7,13,15H,8-12H2,1H3. The van der Waals surface area contributed by atoms with Crippen LogP contribution in [0.15, 0.2) is 47.5 Å². The number of fused-ring (bicyclic) bond motifs is 1. The van der Waals surface area contributed by atoms with Crippen LogP contribution in [0.25, 0.3) is 0 Å². The van der Waals surface area contributed by atoms with Crippen LogP contribution in [-0.2, 0) is 19.6 Å². The molecule has 0 radical (unpaired) electrons. The molecule has 1 unspecified atom stereocenters. The Morgan fingerprint density at radius 2 is 2.28 bits per heavy atom. The van der Waals surface area contributed by atoms with E-state index in [1.54, 1.807) is 6.20 Å². The van der Waals surface area contributed by atoms with Gasteiger partial charge in [-0.15, -0.1) is 0 Å². The van der Waals surface area contributed by atoms with Crippen molar-refractivity contribution in [1.29, 1.82) is 0 Å². The predicted molar refractivity (Wildman–Crippen MR) is 90.8 cm³/mol. The van der Waals surface area contributed by atoms with Crippen molar-refractivity contribution in [1.82, 2.24) is 24.6 Å². The summed E-state index contributed by atoms with van der Waals surface area (Å²) >= 11 is 0. The fourth-order valence-electron chi connectivity index (χ4n) is 3.22. The van der Waals surface area contributed by atoms with Gasteiger partial charge in [0, 0.05) is 56.6 Å². The Morgan fingerprint density at radius 3 is 3.08 bits per heavy atom. The van der Waals surface area contributed by atoms with Crippen LogP contribution >= 0.6 is 0 Å². The van der Waals surface area contributed by atoms with Crippen molar-refractivity contribution in [2.75, 3.05) is 13.2 Å². The zero-order valence-electron chi connectivity index (χ0n) is 14.2. The van der Waals surface area contributed by atoms with Crippen LogP contribution in [0.3, 0.4) is 0 Å². The summed E-state index contributed by atoms with van der Waals surface area (Å²) < 4.78 is 13.3. The summed E-state index contributed by atoms with van der Waals surface area (Å²) in [4.78, 5) is 10.9. The average Bonchev–Trinajstić information content (AvgIpc) is 3.19. The summed E-state index contributed by atoms with van der Waals surface area (Å²) in [6, 6.07) is 7.69. The van der Waals surface area contributed by atoms with E-state index >= 15 is 0 Å². The number of nitrogens with zero attached hydrogens (tertiary/aromatic N) is 5. The topological polar surface area (TPSA) is 69.2 Å². The van der Waals surface area contributed by atoms with Gasteiger partial charge in [0.05, 0.1) is 24.3 Å². The number of aromatic nitrogens is 4. The quantitative estimate of drug-likeness (QED) is 0.710. The largest absolute Gasteiger partial charge is 0.477 e. The lowest BCUT2D eigenvalue weighted by atomic mass is 10.1. The van der Waals surface area contributed by atoms with Gasteiger partial charge in [-0.1, -0.05) is 11.2 Å². The van der Waals surface area contributed by atoms with E-state index in [1.165, 1.54) is 5.69 Å². The highest BCUT2D eigenvalue weighted by Gasteiger charge is 2.23. The van der Waals surface area contributed by atoms with Crippen molar-refractivity contribution in [2.45, 2.75) is 26.6 Å². The third kappa shape index (κ3) is 3.88. The molecule has 0 saturated heterocycles. The molecule has 25 heavy (non-hydrogen) atoms. The number of rotatable bonds is 5. The summed E-state index contributed by atoms with van der Waals surface area (Å²) in [5.74, 6) is 1.84. The molecule has 4 rings (SSSR count). The molecule has 0 aromatic carbocycles. The number of ether oxygens (including phenoxy) is 1. The monoisotopic (exact) mass is 339 g/mol. The lowest BCUT2D eigenvalue weighted by Gasteiger charge is -2.22. The minimum absolute atomic E-state index is 0.338. The normalized spacial score (nSPS) is 17.9. The van der Waals surface area contributed by atoms with Gasteiger partial charge < -0.3 is 13.8 Å². The van der Waals surface area contributed by atoms with Crippen LogP contribution in [0.2, 0.25) is 0 Å². The van der Waals surface area contributed by atoms with Crippen LogP contribution < -0.4 is 4.74 Å². The minimum Gasteiger partial charge on any atom is -0.477 e. The molecule has 0 saturated carbocycles. The molecule has 1 atom stereocenters. The molecule has 4 heterocycles. The van der Waals surface area contributed by atoms with Gasteiger partial charge in [0.2, 0.25) is 5.88 Å². The zero-order valence-corrected chi connectivity index (χ0v) is 14.2. The Hall–Kier alpha value is -2.67. The van der Waals surface area contributed by atoms with Crippen molar-refractivity contribution < 1.29 is 9.26 Å². The van der Waals surface area contributed by atoms with Gasteiger partial charge in [-0.25, -0.2) is 9.97 Å². The van der Waals surface area contributed by atoms with Gasteiger partial charge in [0.15, 0.2) is 0 Å². The van der Waals surface area contributed by atoms with Gasteiger partial charge >= 0.3 is 0 Å². The summed E-state index contributed by atoms with van der Waals surface area (Å²) in [6.07, 6.45) is 5.57. The highest BCUT2D eigenvalue weighted by atomic mass is 16.5. The van der Waals surface area contributed by atoms with Gasteiger partial charge in [-0.05, 0) is 13.0 Å². The third-order valence-corrected chi connectivity index (χ3v) is 4.32. The lowest BCUT2D eigenvalue weighted by molar-refractivity contribution is 0.162. The Morgan fingerprint density at radius 1 is 1.32 bits per heavy atom. The molecule has 0 bridgehead atoms. The van der Waals surface area contributed by atoms with E-state index in [-0.39, 0.29) is 0 Å². The maximum absolute atomic E-state index is 5.89.